The van der Waals surface area contributed by atoms with E-state index in [4.69, 9.17) is 4.74 Å². The summed E-state index contributed by atoms with van der Waals surface area (Å²) in [4.78, 5) is 4.68. The Balaban J connectivity index is 2.32. The molecule has 28 heavy (non-hydrogen) atoms. The van der Waals surface area contributed by atoms with E-state index in [0.29, 0.717) is 6.54 Å². The van der Waals surface area contributed by atoms with E-state index in [9.17, 15) is 0 Å². The molecular formula is C21H42N6O. The molecule has 0 fully saturated rings. The van der Waals surface area contributed by atoms with E-state index in [-0.39, 0.29) is 0 Å². The van der Waals surface area contributed by atoms with Gasteiger partial charge in [0.05, 0.1) is 0 Å². The molecule has 1 rings (SSSR count). The third-order valence-electron chi connectivity index (χ3n) is 4.85. The summed E-state index contributed by atoms with van der Waals surface area (Å²) >= 11 is 0. The highest BCUT2D eigenvalue weighted by molar-refractivity contribution is 5.79. The van der Waals surface area contributed by atoms with Gasteiger partial charge in [-0.1, -0.05) is 51.9 Å². The maximum atomic E-state index is 5.40. The summed E-state index contributed by atoms with van der Waals surface area (Å²) in [6.07, 6.45) is 11.6. The summed E-state index contributed by atoms with van der Waals surface area (Å²) in [6.45, 7) is 10.1. The van der Waals surface area contributed by atoms with Crippen LogP contribution in [-0.4, -0.2) is 47.0 Å². The van der Waals surface area contributed by atoms with Crippen LogP contribution < -0.4 is 10.6 Å². The molecule has 0 aliphatic heterocycles. The van der Waals surface area contributed by atoms with E-state index in [1.54, 1.807) is 0 Å². The molecule has 162 valence electrons. The highest BCUT2D eigenvalue weighted by Gasteiger charge is 2.05. The standard InChI is InChI=1S/C21H42N6O/c1-5-7-8-9-10-11-12-13-15-22-21(23-16-14-17-28-6-2)24-18-20-26-25-19(3)27(20)4/h5-18H2,1-4H3,(H2,22,23,24). The number of unbranched alkanes of at least 4 members (excludes halogenated alkanes) is 7. The van der Waals surface area contributed by atoms with Crippen LogP contribution in [-0.2, 0) is 18.3 Å². The maximum Gasteiger partial charge on any atom is 0.191 e. The molecule has 0 radical (unpaired) electrons. The van der Waals surface area contributed by atoms with Crippen LogP contribution in [0.25, 0.3) is 0 Å². The Morgan fingerprint density at radius 3 is 2.18 bits per heavy atom. The topological polar surface area (TPSA) is 76.4 Å². The van der Waals surface area contributed by atoms with Gasteiger partial charge in [0.15, 0.2) is 11.8 Å². The molecule has 0 spiro atoms. The van der Waals surface area contributed by atoms with Crippen molar-refractivity contribution in [3.8, 4) is 0 Å². The highest BCUT2D eigenvalue weighted by atomic mass is 16.5. The molecule has 7 nitrogen and oxygen atoms in total. The molecule has 0 aliphatic carbocycles. The monoisotopic (exact) mass is 394 g/mol. The number of guanidine groups is 1. The lowest BCUT2D eigenvalue weighted by atomic mass is 10.1. The van der Waals surface area contributed by atoms with Crippen LogP contribution >= 0.6 is 0 Å². The van der Waals surface area contributed by atoms with Crippen LogP contribution in [0.5, 0.6) is 0 Å². The molecule has 0 unspecified atom stereocenters. The lowest BCUT2D eigenvalue weighted by Gasteiger charge is -2.13. The predicted molar refractivity (Wildman–Crippen MR) is 117 cm³/mol. The van der Waals surface area contributed by atoms with Gasteiger partial charge < -0.3 is 19.9 Å². The molecular weight excluding hydrogens is 352 g/mol. The van der Waals surface area contributed by atoms with Crippen molar-refractivity contribution in [2.45, 2.75) is 85.1 Å². The van der Waals surface area contributed by atoms with E-state index in [1.165, 1.54) is 51.4 Å². The normalized spacial score (nSPS) is 11.8. The Hall–Kier alpha value is -1.63. The van der Waals surface area contributed by atoms with Gasteiger partial charge in [-0.05, 0) is 26.7 Å². The van der Waals surface area contributed by atoms with Gasteiger partial charge in [-0.25, -0.2) is 4.99 Å². The minimum Gasteiger partial charge on any atom is -0.382 e. The average molecular weight is 395 g/mol. The Morgan fingerprint density at radius 2 is 1.57 bits per heavy atom. The summed E-state index contributed by atoms with van der Waals surface area (Å²) < 4.78 is 7.38. The second-order valence-electron chi connectivity index (χ2n) is 7.27. The molecule has 1 aromatic heterocycles. The zero-order chi connectivity index (χ0) is 20.5. The Labute approximate surface area is 171 Å². The van der Waals surface area contributed by atoms with Crippen LogP contribution in [0, 0.1) is 6.92 Å². The quantitative estimate of drug-likeness (QED) is 0.254. The minimum absolute atomic E-state index is 0.523. The second-order valence-corrected chi connectivity index (χ2v) is 7.27. The largest absolute Gasteiger partial charge is 0.382 e. The fourth-order valence-electron chi connectivity index (χ4n) is 2.90. The van der Waals surface area contributed by atoms with Crippen molar-refractivity contribution in [1.29, 1.82) is 0 Å². The smallest absolute Gasteiger partial charge is 0.191 e. The van der Waals surface area contributed by atoms with Gasteiger partial charge in [0, 0.05) is 33.4 Å². The van der Waals surface area contributed by atoms with E-state index in [0.717, 1.165) is 50.3 Å². The molecule has 0 amide bonds. The maximum absolute atomic E-state index is 5.40. The van der Waals surface area contributed by atoms with Gasteiger partial charge in [0.1, 0.15) is 12.4 Å². The third kappa shape index (κ3) is 11.3. The van der Waals surface area contributed by atoms with Gasteiger partial charge >= 0.3 is 0 Å². The molecule has 0 aromatic carbocycles. The van der Waals surface area contributed by atoms with Crippen molar-refractivity contribution in [1.82, 2.24) is 25.4 Å². The van der Waals surface area contributed by atoms with Crippen LogP contribution in [0.2, 0.25) is 0 Å². The molecule has 2 N–H and O–H groups in total. The summed E-state index contributed by atoms with van der Waals surface area (Å²) in [5.41, 5.74) is 0. The van der Waals surface area contributed by atoms with Crippen LogP contribution in [0.15, 0.2) is 4.99 Å². The van der Waals surface area contributed by atoms with Crippen LogP contribution in [0.4, 0.5) is 0 Å². The first kappa shape index (κ1) is 24.4. The highest BCUT2D eigenvalue weighted by Crippen LogP contribution is 2.07. The van der Waals surface area contributed by atoms with E-state index < -0.39 is 0 Å². The molecule has 0 saturated carbocycles. The Morgan fingerprint density at radius 1 is 0.929 bits per heavy atom. The predicted octanol–water partition coefficient (Wildman–Crippen LogP) is 3.73. The lowest BCUT2D eigenvalue weighted by Crippen LogP contribution is -2.38. The average Bonchev–Trinajstić information content (AvgIpc) is 3.02. The van der Waals surface area contributed by atoms with E-state index >= 15 is 0 Å². The molecule has 0 saturated heterocycles. The summed E-state index contributed by atoms with van der Waals surface area (Å²) in [5.74, 6) is 2.63. The zero-order valence-corrected chi connectivity index (χ0v) is 18.6. The number of hydrogen-bond acceptors (Lipinski definition) is 4. The second kappa shape index (κ2) is 16.3. The van der Waals surface area contributed by atoms with E-state index in [2.05, 4.69) is 32.7 Å². The van der Waals surface area contributed by atoms with Gasteiger partial charge in [-0.15, -0.1) is 10.2 Å². The fraction of sp³-hybridized carbons (Fsp3) is 0.857. The minimum atomic E-state index is 0.523. The number of ether oxygens (including phenoxy) is 1. The van der Waals surface area contributed by atoms with Crippen molar-refractivity contribution in [2.75, 3.05) is 26.3 Å². The first-order valence-electron chi connectivity index (χ1n) is 11.1. The number of nitrogens with zero attached hydrogens (tertiary/aromatic N) is 4. The van der Waals surface area contributed by atoms with Crippen molar-refractivity contribution in [2.24, 2.45) is 12.0 Å². The van der Waals surface area contributed by atoms with E-state index in [1.807, 2.05) is 25.5 Å². The Kier molecular flexibility index (Phi) is 14.2. The number of nitrogens with one attached hydrogen (secondary N) is 2. The number of aromatic nitrogens is 3. The summed E-state index contributed by atoms with van der Waals surface area (Å²) in [5, 5.41) is 15.1. The van der Waals surface area contributed by atoms with Gasteiger partial charge in [0.25, 0.3) is 0 Å². The molecule has 7 heteroatoms. The molecule has 0 bridgehead atoms. The number of rotatable bonds is 16. The molecule has 0 atom stereocenters. The zero-order valence-electron chi connectivity index (χ0n) is 18.6. The van der Waals surface area contributed by atoms with Crippen molar-refractivity contribution < 1.29 is 4.74 Å². The summed E-state index contributed by atoms with van der Waals surface area (Å²) in [7, 11) is 1.98. The van der Waals surface area contributed by atoms with Gasteiger partial charge in [-0.2, -0.15) is 0 Å². The summed E-state index contributed by atoms with van der Waals surface area (Å²) in [6, 6.07) is 0. The van der Waals surface area contributed by atoms with Gasteiger partial charge in [-0.3, -0.25) is 0 Å². The van der Waals surface area contributed by atoms with Gasteiger partial charge in [0.2, 0.25) is 0 Å². The molecule has 1 heterocycles. The van der Waals surface area contributed by atoms with Crippen molar-refractivity contribution in [3.05, 3.63) is 11.6 Å². The van der Waals surface area contributed by atoms with Crippen LogP contribution in [0.3, 0.4) is 0 Å². The van der Waals surface area contributed by atoms with Crippen molar-refractivity contribution >= 4 is 5.96 Å². The SMILES string of the molecule is CCCCCCCCCCNC(=NCc1nnc(C)n1C)NCCCOCC. The molecule has 0 aliphatic rings. The molecule has 1 aromatic rings. The number of aliphatic imine (C=N–C) groups is 1. The first-order valence-corrected chi connectivity index (χ1v) is 11.1. The Bertz CT molecular complexity index is 529. The number of aryl methyl sites for hydroxylation is 1. The fourth-order valence-corrected chi connectivity index (χ4v) is 2.90. The lowest BCUT2D eigenvalue weighted by molar-refractivity contribution is 0.145. The van der Waals surface area contributed by atoms with Crippen LogP contribution in [0.1, 0.15) is 83.3 Å². The van der Waals surface area contributed by atoms with Crippen molar-refractivity contribution in [3.63, 3.8) is 0 Å². The number of hydrogen-bond donors (Lipinski definition) is 2. The first-order chi connectivity index (χ1) is 13.7. The third-order valence-corrected chi connectivity index (χ3v) is 4.85.